The lowest BCUT2D eigenvalue weighted by atomic mass is 9.98. The Bertz CT molecular complexity index is 955. The van der Waals surface area contributed by atoms with Gasteiger partial charge in [0, 0.05) is 17.5 Å². The van der Waals surface area contributed by atoms with Crippen LogP contribution in [-0.2, 0) is 22.6 Å². The summed E-state index contributed by atoms with van der Waals surface area (Å²) in [4.78, 5) is 24.2. The third-order valence-corrected chi connectivity index (χ3v) is 7.95. The molecule has 0 heterocycles. The van der Waals surface area contributed by atoms with Crippen molar-refractivity contribution in [2.75, 3.05) is 7.11 Å². The fraction of sp³-hybridized carbons (Fsp3) is 0.676. The minimum absolute atomic E-state index is 0.0621. The molecule has 0 aliphatic heterocycles. The summed E-state index contributed by atoms with van der Waals surface area (Å²) in [6.45, 7) is 8.44. The number of aldehydes is 1. The first-order valence-electron chi connectivity index (χ1n) is 16.6. The van der Waals surface area contributed by atoms with E-state index in [1.165, 1.54) is 95.3 Å². The molecule has 5 nitrogen and oxygen atoms in total. The van der Waals surface area contributed by atoms with E-state index in [1.54, 1.807) is 6.07 Å². The zero-order valence-corrected chi connectivity index (χ0v) is 27.5. The number of hydrogen-bond acceptors (Lipinski definition) is 5. The molecule has 1 N–H and O–H groups in total. The van der Waals surface area contributed by atoms with Gasteiger partial charge in [0.2, 0.25) is 0 Å². The SMILES string of the molecule is CCCCCCCCCCCCCCCCCC(=O)OCc1cc(OC)c(CC=C(C)CCC=C(C)C)c(O)c1C=O. The Balaban J connectivity index is 2.36. The van der Waals surface area contributed by atoms with Gasteiger partial charge in [-0.25, -0.2) is 0 Å². The molecule has 0 saturated carbocycles. The van der Waals surface area contributed by atoms with Gasteiger partial charge in [0.1, 0.15) is 18.1 Å². The van der Waals surface area contributed by atoms with Crippen molar-refractivity contribution in [1.29, 1.82) is 0 Å². The summed E-state index contributed by atoms with van der Waals surface area (Å²) in [6, 6.07) is 1.70. The van der Waals surface area contributed by atoms with Gasteiger partial charge in [-0.3, -0.25) is 9.59 Å². The van der Waals surface area contributed by atoms with Gasteiger partial charge >= 0.3 is 5.97 Å². The first-order chi connectivity index (χ1) is 20.3. The van der Waals surface area contributed by atoms with Crippen LogP contribution in [0.25, 0.3) is 0 Å². The smallest absolute Gasteiger partial charge is 0.306 e. The zero-order valence-electron chi connectivity index (χ0n) is 27.5. The molecule has 0 atom stereocenters. The molecule has 0 aliphatic rings. The molecule has 1 aromatic carbocycles. The average molecular weight is 585 g/mol. The normalized spacial score (nSPS) is 11.4. The Hall–Kier alpha value is -2.56. The summed E-state index contributed by atoms with van der Waals surface area (Å²) in [5.41, 5.74) is 3.68. The number of hydrogen-bond donors (Lipinski definition) is 1. The molecule has 0 amide bonds. The third kappa shape index (κ3) is 16.8. The minimum Gasteiger partial charge on any atom is -0.507 e. The molecule has 1 rings (SSSR count). The van der Waals surface area contributed by atoms with Gasteiger partial charge in [-0.2, -0.15) is 0 Å². The van der Waals surface area contributed by atoms with Gasteiger partial charge in [0.25, 0.3) is 0 Å². The van der Waals surface area contributed by atoms with E-state index in [0.717, 1.165) is 32.1 Å². The molecule has 0 aliphatic carbocycles. The van der Waals surface area contributed by atoms with Gasteiger partial charge in [-0.05, 0) is 52.5 Å². The van der Waals surface area contributed by atoms with E-state index in [0.29, 0.717) is 36.0 Å². The van der Waals surface area contributed by atoms with Crippen molar-refractivity contribution in [3.05, 3.63) is 46.1 Å². The van der Waals surface area contributed by atoms with Gasteiger partial charge < -0.3 is 14.6 Å². The second-order valence-corrected chi connectivity index (χ2v) is 12.0. The van der Waals surface area contributed by atoms with Crippen LogP contribution in [0.3, 0.4) is 0 Å². The van der Waals surface area contributed by atoms with E-state index in [-0.39, 0.29) is 23.9 Å². The Labute approximate surface area is 257 Å². The van der Waals surface area contributed by atoms with E-state index < -0.39 is 0 Å². The number of carbonyl (C=O) groups is 2. The molecule has 0 fully saturated rings. The molecule has 0 unspecified atom stereocenters. The van der Waals surface area contributed by atoms with Crippen LogP contribution in [0.15, 0.2) is 29.4 Å². The Morgan fingerprint density at radius 2 is 1.36 bits per heavy atom. The van der Waals surface area contributed by atoms with E-state index in [4.69, 9.17) is 9.47 Å². The zero-order chi connectivity index (χ0) is 31.0. The summed E-state index contributed by atoms with van der Waals surface area (Å²) < 4.78 is 11.0. The fourth-order valence-corrected chi connectivity index (χ4v) is 5.22. The highest BCUT2D eigenvalue weighted by Gasteiger charge is 2.18. The summed E-state index contributed by atoms with van der Waals surface area (Å²) >= 11 is 0. The van der Waals surface area contributed by atoms with Crippen molar-refractivity contribution >= 4 is 12.3 Å². The molecule has 42 heavy (non-hydrogen) atoms. The van der Waals surface area contributed by atoms with Crippen molar-refractivity contribution < 1.29 is 24.2 Å². The summed E-state index contributed by atoms with van der Waals surface area (Å²) in [6.07, 6.45) is 26.8. The first kappa shape index (κ1) is 37.5. The number of phenolic OH excluding ortho intramolecular Hbond substituents is 1. The Kier molecular flexibility index (Phi) is 21.4. The molecule has 0 radical (unpaired) electrons. The number of unbranched alkanes of at least 4 members (excludes halogenated alkanes) is 14. The molecular formula is C37H60O5. The van der Waals surface area contributed by atoms with Crippen molar-refractivity contribution in [2.45, 2.75) is 156 Å². The van der Waals surface area contributed by atoms with Gasteiger partial charge in [0.15, 0.2) is 6.29 Å². The van der Waals surface area contributed by atoms with Crippen LogP contribution < -0.4 is 4.74 Å². The van der Waals surface area contributed by atoms with Crippen LogP contribution in [0.2, 0.25) is 0 Å². The van der Waals surface area contributed by atoms with Crippen molar-refractivity contribution in [2.24, 2.45) is 0 Å². The molecule has 1 aromatic rings. The van der Waals surface area contributed by atoms with Crippen LogP contribution in [0.1, 0.15) is 165 Å². The molecule has 5 heteroatoms. The quantitative estimate of drug-likeness (QED) is 0.0535. The standard InChI is InChI=1S/C37H60O5/c1-6-7-8-9-10-11-12-13-14-15-16-17-18-19-20-24-36(39)42-29-32-27-35(41-5)33(37(40)34(32)28-38)26-25-31(4)23-21-22-30(2)3/h22,25,27-28,40H,6-21,23-24,26,29H2,1-5H3. The molecule has 0 spiro atoms. The lowest BCUT2D eigenvalue weighted by Gasteiger charge is -2.15. The van der Waals surface area contributed by atoms with E-state index in [2.05, 4.69) is 39.8 Å². The number of phenols is 1. The van der Waals surface area contributed by atoms with Crippen LogP contribution >= 0.6 is 0 Å². The van der Waals surface area contributed by atoms with E-state index in [9.17, 15) is 14.7 Å². The maximum absolute atomic E-state index is 12.3. The van der Waals surface area contributed by atoms with Crippen LogP contribution in [-0.4, -0.2) is 24.5 Å². The lowest BCUT2D eigenvalue weighted by molar-refractivity contribution is -0.145. The molecule has 0 bridgehead atoms. The maximum atomic E-state index is 12.3. The number of benzene rings is 1. The highest BCUT2D eigenvalue weighted by atomic mass is 16.5. The fourth-order valence-electron chi connectivity index (χ4n) is 5.22. The summed E-state index contributed by atoms with van der Waals surface area (Å²) in [5.74, 6) is 0.102. The second kappa shape index (κ2) is 23.9. The number of methoxy groups -OCH3 is 1. The lowest BCUT2D eigenvalue weighted by Crippen LogP contribution is -2.07. The first-order valence-corrected chi connectivity index (χ1v) is 16.6. The van der Waals surface area contributed by atoms with Gasteiger partial charge in [-0.1, -0.05) is 120 Å². The molecule has 238 valence electrons. The topological polar surface area (TPSA) is 72.8 Å². The predicted octanol–water partition coefficient (Wildman–Crippen LogP) is 10.8. The predicted molar refractivity (Wildman–Crippen MR) is 176 cm³/mol. The van der Waals surface area contributed by atoms with Gasteiger partial charge in [-0.15, -0.1) is 0 Å². The van der Waals surface area contributed by atoms with Crippen molar-refractivity contribution in [1.82, 2.24) is 0 Å². The highest BCUT2D eigenvalue weighted by molar-refractivity contribution is 5.83. The minimum atomic E-state index is -0.279. The number of esters is 1. The average Bonchev–Trinajstić information content (AvgIpc) is 2.97. The monoisotopic (exact) mass is 584 g/mol. The molecule has 0 aromatic heterocycles. The number of aromatic hydroxyl groups is 1. The van der Waals surface area contributed by atoms with Crippen molar-refractivity contribution in [3.63, 3.8) is 0 Å². The second-order valence-electron chi connectivity index (χ2n) is 12.0. The summed E-state index contributed by atoms with van der Waals surface area (Å²) in [5, 5.41) is 10.9. The number of allylic oxidation sites excluding steroid dienone is 4. The Morgan fingerprint density at radius 3 is 1.86 bits per heavy atom. The largest absolute Gasteiger partial charge is 0.507 e. The molecule has 0 saturated heterocycles. The van der Waals surface area contributed by atoms with E-state index >= 15 is 0 Å². The number of rotatable bonds is 25. The van der Waals surface area contributed by atoms with Crippen LogP contribution in [0.5, 0.6) is 11.5 Å². The van der Waals surface area contributed by atoms with Crippen molar-refractivity contribution in [3.8, 4) is 11.5 Å². The molecular weight excluding hydrogens is 524 g/mol. The van der Waals surface area contributed by atoms with Crippen LogP contribution in [0, 0.1) is 0 Å². The third-order valence-electron chi connectivity index (χ3n) is 7.95. The number of ether oxygens (including phenoxy) is 2. The number of carbonyl (C=O) groups excluding carboxylic acids is 2. The maximum Gasteiger partial charge on any atom is 0.306 e. The summed E-state index contributed by atoms with van der Waals surface area (Å²) in [7, 11) is 1.54. The van der Waals surface area contributed by atoms with E-state index in [1.807, 2.05) is 0 Å². The van der Waals surface area contributed by atoms with Crippen LogP contribution in [0.4, 0.5) is 0 Å². The highest BCUT2D eigenvalue weighted by Crippen LogP contribution is 2.35. The Morgan fingerprint density at radius 1 is 0.810 bits per heavy atom. The van der Waals surface area contributed by atoms with Gasteiger partial charge in [0.05, 0.1) is 12.7 Å².